The summed E-state index contributed by atoms with van der Waals surface area (Å²) in [5.41, 5.74) is 0. The molecule has 0 unspecified atom stereocenters. The molecule has 6 nitrogen and oxygen atoms in total. The van der Waals surface area contributed by atoms with Crippen LogP contribution in [0.1, 0.15) is 0 Å². The van der Waals surface area contributed by atoms with Crippen molar-refractivity contribution < 1.29 is 16.8 Å². The Morgan fingerprint density at radius 2 is 1.56 bits per heavy atom. The molecule has 0 aromatic carbocycles. The molecule has 1 saturated heterocycles. The first-order valence-corrected chi connectivity index (χ1v) is 10.5. The first kappa shape index (κ1) is 16.4. The zero-order valence-electron chi connectivity index (χ0n) is 10.4. The SMILES string of the molecule is CS(=O)(=O)CCS(=O)(=O)N1CCN(CCBr)CC1. The average Bonchev–Trinajstić information content (AvgIpc) is 2.27. The highest BCUT2D eigenvalue weighted by Gasteiger charge is 2.27. The zero-order chi connectivity index (χ0) is 13.8. The van der Waals surface area contributed by atoms with Gasteiger partial charge in [0.15, 0.2) is 0 Å². The van der Waals surface area contributed by atoms with Gasteiger partial charge in [-0.15, -0.1) is 0 Å². The second-order valence-corrected chi connectivity index (χ2v) is 9.52. The second-order valence-electron chi connectivity index (χ2n) is 4.38. The number of hydrogen-bond donors (Lipinski definition) is 0. The first-order chi connectivity index (χ1) is 8.24. The quantitative estimate of drug-likeness (QED) is 0.588. The number of nitrogens with zero attached hydrogens (tertiary/aromatic N) is 2. The van der Waals surface area contributed by atoms with Gasteiger partial charge in [-0.25, -0.2) is 16.8 Å². The predicted molar refractivity (Wildman–Crippen MR) is 75.3 cm³/mol. The molecule has 0 N–H and O–H groups in total. The second kappa shape index (κ2) is 6.65. The van der Waals surface area contributed by atoms with Gasteiger partial charge >= 0.3 is 0 Å². The fourth-order valence-electron chi connectivity index (χ4n) is 1.74. The van der Waals surface area contributed by atoms with Gasteiger partial charge in [0.2, 0.25) is 10.0 Å². The van der Waals surface area contributed by atoms with Crippen molar-refractivity contribution in [2.24, 2.45) is 0 Å². The molecule has 0 bridgehead atoms. The van der Waals surface area contributed by atoms with Crippen LogP contribution >= 0.6 is 15.9 Å². The molecule has 1 aliphatic heterocycles. The normalized spacial score (nSPS) is 20.1. The van der Waals surface area contributed by atoms with Crippen LogP contribution in [-0.4, -0.2) is 81.9 Å². The molecule has 0 aromatic heterocycles. The molecule has 0 radical (unpaired) electrons. The van der Waals surface area contributed by atoms with E-state index in [1.54, 1.807) is 0 Å². The number of sulfone groups is 1. The minimum absolute atomic E-state index is 0.309. The van der Waals surface area contributed by atoms with Crippen molar-refractivity contribution in [3.63, 3.8) is 0 Å². The van der Waals surface area contributed by atoms with Crippen molar-refractivity contribution in [1.82, 2.24) is 9.21 Å². The molecule has 9 heteroatoms. The molecular weight excluding hydrogens is 344 g/mol. The molecule has 0 aliphatic carbocycles. The van der Waals surface area contributed by atoms with Gasteiger partial charge in [0, 0.05) is 44.3 Å². The third-order valence-electron chi connectivity index (χ3n) is 2.84. The van der Waals surface area contributed by atoms with E-state index in [-0.39, 0.29) is 11.5 Å². The lowest BCUT2D eigenvalue weighted by atomic mass is 10.4. The van der Waals surface area contributed by atoms with Crippen LogP contribution < -0.4 is 0 Å². The van der Waals surface area contributed by atoms with Gasteiger partial charge in [-0.3, -0.25) is 4.90 Å². The van der Waals surface area contributed by atoms with Crippen molar-refractivity contribution in [2.75, 3.05) is 55.8 Å². The Morgan fingerprint density at radius 3 is 2.00 bits per heavy atom. The Labute approximate surface area is 117 Å². The molecule has 1 rings (SSSR count). The monoisotopic (exact) mass is 362 g/mol. The number of sulfonamides is 1. The summed E-state index contributed by atoms with van der Waals surface area (Å²) in [6.07, 6.45) is 1.05. The standard InChI is InChI=1S/C9H19BrN2O4S2/c1-17(13,14)8-9-18(15,16)12-6-4-11(3-2-10)5-7-12/h2-9H2,1H3. The van der Waals surface area contributed by atoms with Crippen LogP contribution in [0.3, 0.4) is 0 Å². The number of piperazine rings is 1. The maximum atomic E-state index is 11.9. The lowest BCUT2D eigenvalue weighted by Gasteiger charge is -2.33. The number of alkyl halides is 1. The molecule has 1 aliphatic rings. The van der Waals surface area contributed by atoms with E-state index in [9.17, 15) is 16.8 Å². The Morgan fingerprint density at radius 1 is 1.00 bits per heavy atom. The number of hydrogen-bond acceptors (Lipinski definition) is 5. The van der Waals surface area contributed by atoms with E-state index >= 15 is 0 Å². The number of halogens is 1. The summed E-state index contributed by atoms with van der Waals surface area (Å²) < 4.78 is 47.3. The van der Waals surface area contributed by atoms with Gasteiger partial charge in [-0.05, 0) is 0 Å². The predicted octanol–water partition coefficient (Wildman–Crippen LogP) is -0.627. The molecule has 1 fully saturated rings. The van der Waals surface area contributed by atoms with Gasteiger partial charge in [-0.1, -0.05) is 15.9 Å². The van der Waals surface area contributed by atoms with Gasteiger partial charge < -0.3 is 0 Å². The molecule has 0 atom stereocenters. The first-order valence-electron chi connectivity index (χ1n) is 5.68. The van der Waals surface area contributed by atoms with Crippen LogP contribution in [0, 0.1) is 0 Å². The summed E-state index contributed by atoms with van der Waals surface area (Å²) in [5, 5.41) is 0.869. The van der Waals surface area contributed by atoms with E-state index in [0.717, 1.165) is 18.1 Å². The molecule has 18 heavy (non-hydrogen) atoms. The van der Waals surface area contributed by atoms with E-state index in [1.807, 2.05) is 0 Å². The molecule has 108 valence electrons. The summed E-state index contributed by atoms with van der Waals surface area (Å²) in [7, 11) is -6.68. The Kier molecular flexibility index (Phi) is 6.04. The average molecular weight is 363 g/mol. The topological polar surface area (TPSA) is 74.8 Å². The highest BCUT2D eigenvalue weighted by molar-refractivity contribution is 9.09. The van der Waals surface area contributed by atoms with Gasteiger partial charge in [-0.2, -0.15) is 4.31 Å². The third kappa shape index (κ3) is 5.52. The summed E-state index contributed by atoms with van der Waals surface area (Å²) in [5.74, 6) is -0.624. The van der Waals surface area contributed by atoms with Gasteiger partial charge in [0.05, 0.1) is 11.5 Å². The van der Waals surface area contributed by atoms with E-state index in [0.29, 0.717) is 26.2 Å². The highest BCUT2D eigenvalue weighted by atomic mass is 79.9. The van der Waals surface area contributed by atoms with Gasteiger partial charge in [0.1, 0.15) is 9.84 Å². The van der Waals surface area contributed by atoms with Gasteiger partial charge in [0.25, 0.3) is 0 Å². The van der Waals surface area contributed by atoms with Crippen LogP contribution in [0.4, 0.5) is 0 Å². The molecule has 0 amide bonds. The maximum Gasteiger partial charge on any atom is 0.215 e. The van der Waals surface area contributed by atoms with E-state index in [4.69, 9.17) is 0 Å². The molecule has 0 spiro atoms. The van der Waals surface area contributed by atoms with Crippen molar-refractivity contribution in [3.05, 3.63) is 0 Å². The Hall–Kier alpha value is 0.300. The Bertz CT molecular complexity index is 455. The minimum atomic E-state index is -3.44. The summed E-state index contributed by atoms with van der Waals surface area (Å²) in [4.78, 5) is 2.18. The molecule has 0 saturated carbocycles. The van der Waals surface area contributed by atoms with Crippen LogP contribution in [0.15, 0.2) is 0 Å². The lowest BCUT2D eigenvalue weighted by Crippen LogP contribution is -2.50. The smallest absolute Gasteiger partial charge is 0.215 e. The number of rotatable bonds is 6. The highest BCUT2D eigenvalue weighted by Crippen LogP contribution is 2.08. The fourth-order valence-corrected chi connectivity index (χ4v) is 5.27. The van der Waals surface area contributed by atoms with Crippen LogP contribution in [0.25, 0.3) is 0 Å². The molecule has 1 heterocycles. The van der Waals surface area contributed by atoms with Crippen molar-refractivity contribution in [2.45, 2.75) is 0 Å². The zero-order valence-corrected chi connectivity index (χ0v) is 13.6. The van der Waals surface area contributed by atoms with Crippen LogP contribution in [0.5, 0.6) is 0 Å². The summed E-state index contributed by atoms with van der Waals surface area (Å²) >= 11 is 3.35. The van der Waals surface area contributed by atoms with Crippen molar-refractivity contribution >= 4 is 35.8 Å². The van der Waals surface area contributed by atoms with Crippen LogP contribution in [0.2, 0.25) is 0 Å². The van der Waals surface area contributed by atoms with Crippen molar-refractivity contribution in [1.29, 1.82) is 0 Å². The fraction of sp³-hybridized carbons (Fsp3) is 1.00. The van der Waals surface area contributed by atoms with E-state index in [1.165, 1.54) is 4.31 Å². The van der Waals surface area contributed by atoms with E-state index in [2.05, 4.69) is 20.8 Å². The van der Waals surface area contributed by atoms with Crippen molar-refractivity contribution in [3.8, 4) is 0 Å². The lowest BCUT2D eigenvalue weighted by molar-refractivity contribution is 0.198. The molecule has 0 aromatic rings. The minimum Gasteiger partial charge on any atom is -0.300 e. The summed E-state index contributed by atoms with van der Waals surface area (Å²) in [6.45, 7) is 3.18. The maximum absolute atomic E-state index is 11.9. The third-order valence-corrected chi connectivity index (χ3v) is 6.27. The molecular formula is C9H19BrN2O4S2. The summed E-state index contributed by atoms with van der Waals surface area (Å²) in [6, 6.07) is 0. The largest absolute Gasteiger partial charge is 0.300 e. The van der Waals surface area contributed by atoms with Crippen LogP contribution in [-0.2, 0) is 19.9 Å². The van der Waals surface area contributed by atoms with E-state index < -0.39 is 19.9 Å². The Balaban J connectivity index is 2.50.